The molecule has 3 aromatic carbocycles. The normalized spacial score (nSPS) is 22.0. The van der Waals surface area contributed by atoms with Gasteiger partial charge in [-0.3, -0.25) is 4.79 Å². The van der Waals surface area contributed by atoms with Gasteiger partial charge in [0.25, 0.3) is 0 Å². The van der Waals surface area contributed by atoms with Crippen molar-refractivity contribution in [3.8, 4) is 0 Å². The third-order valence-electron chi connectivity index (χ3n) is 6.06. The van der Waals surface area contributed by atoms with Gasteiger partial charge in [-0.05, 0) is 47.4 Å². The summed E-state index contributed by atoms with van der Waals surface area (Å²) in [7, 11) is 0. The first-order chi connectivity index (χ1) is 14.0. The van der Waals surface area contributed by atoms with E-state index in [1.165, 1.54) is 12.1 Å². The van der Waals surface area contributed by atoms with Crippen LogP contribution in [0.3, 0.4) is 0 Å². The number of hydrogen-bond donors (Lipinski definition) is 1. The van der Waals surface area contributed by atoms with E-state index in [2.05, 4.69) is 0 Å². The van der Waals surface area contributed by atoms with Gasteiger partial charge in [0.05, 0.1) is 17.5 Å². The molecule has 5 heteroatoms. The van der Waals surface area contributed by atoms with Crippen LogP contribution in [0.4, 0.5) is 10.1 Å². The van der Waals surface area contributed by atoms with Crippen LogP contribution in [0.1, 0.15) is 39.4 Å². The van der Waals surface area contributed by atoms with E-state index in [1.54, 1.807) is 35.2 Å². The predicted octanol–water partition coefficient (Wildman–Crippen LogP) is 4.50. The number of carbonyl (C=O) groups excluding carboxylic acids is 1. The molecule has 5 rings (SSSR count). The smallest absolute Gasteiger partial charge is 0.335 e. The molecule has 0 radical (unpaired) electrons. The van der Waals surface area contributed by atoms with E-state index in [-0.39, 0.29) is 29.8 Å². The van der Waals surface area contributed by atoms with Crippen LogP contribution in [0.15, 0.2) is 72.8 Å². The molecule has 1 N–H and O–H groups in total. The first kappa shape index (κ1) is 17.6. The SMILES string of the molecule is O=C(O)c1cccc(CN2C(=O)[C@@]3(C[C@H]3c3ccccc3F)c3ccccc32)c1. The van der Waals surface area contributed by atoms with Crippen molar-refractivity contribution in [2.24, 2.45) is 0 Å². The van der Waals surface area contributed by atoms with E-state index in [1.807, 2.05) is 30.3 Å². The van der Waals surface area contributed by atoms with Gasteiger partial charge < -0.3 is 10.0 Å². The highest BCUT2D eigenvalue weighted by Crippen LogP contribution is 2.66. The van der Waals surface area contributed by atoms with Crippen molar-refractivity contribution in [3.05, 3.63) is 101 Å². The monoisotopic (exact) mass is 387 g/mol. The average molecular weight is 387 g/mol. The number of carbonyl (C=O) groups is 2. The molecule has 4 nitrogen and oxygen atoms in total. The lowest BCUT2D eigenvalue weighted by Crippen LogP contribution is -2.32. The number of para-hydroxylation sites is 1. The fourth-order valence-electron chi connectivity index (χ4n) is 4.62. The molecule has 1 fully saturated rings. The van der Waals surface area contributed by atoms with Gasteiger partial charge in [0.2, 0.25) is 5.91 Å². The lowest BCUT2D eigenvalue weighted by molar-refractivity contribution is -0.120. The quantitative estimate of drug-likeness (QED) is 0.717. The van der Waals surface area contributed by atoms with Crippen LogP contribution < -0.4 is 4.90 Å². The summed E-state index contributed by atoms with van der Waals surface area (Å²) in [6.07, 6.45) is 0.579. The molecule has 1 heterocycles. The van der Waals surface area contributed by atoms with Crippen molar-refractivity contribution < 1.29 is 19.1 Å². The molecule has 29 heavy (non-hydrogen) atoms. The highest BCUT2D eigenvalue weighted by molar-refractivity contribution is 6.11. The summed E-state index contributed by atoms with van der Waals surface area (Å²) in [5.41, 5.74) is 2.51. The lowest BCUT2D eigenvalue weighted by atomic mass is 9.92. The van der Waals surface area contributed by atoms with Gasteiger partial charge in [0, 0.05) is 11.6 Å². The minimum absolute atomic E-state index is 0.0484. The summed E-state index contributed by atoms with van der Waals surface area (Å²) in [5, 5.41) is 9.24. The molecule has 0 unspecified atom stereocenters. The Balaban J connectivity index is 1.53. The highest BCUT2D eigenvalue weighted by Gasteiger charge is 2.67. The van der Waals surface area contributed by atoms with Gasteiger partial charge in [-0.25, -0.2) is 9.18 Å². The molecule has 1 amide bonds. The number of halogens is 1. The van der Waals surface area contributed by atoms with E-state index < -0.39 is 11.4 Å². The number of nitrogens with zero attached hydrogens (tertiary/aromatic N) is 1. The van der Waals surface area contributed by atoms with Crippen molar-refractivity contribution >= 4 is 17.6 Å². The van der Waals surface area contributed by atoms with E-state index in [0.29, 0.717) is 12.0 Å². The molecule has 2 atom stereocenters. The van der Waals surface area contributed by atoms with Crippen molar-refractivity contribution in [1.82, 2.24) is 0 Å². The Hall–Kier alpha value is -3.47. The number of benzene rings is 3. The number of carboxylic acids is 1. The highest BCUT2D eigenvalue weighted by atomic mass is 19.1. The Kier molecular flexibility index (Phi) is 3.81. The summed E-state index contributed by atoms with van der Waals surface area (Å²) < 4.78 is 14.4. The maximum atomic E-state index is 14.4. The Morgan fingerprint density at radius 2 is 1.83 bits per heavy atom. The van der Waals surface area contributed by atoms with E-state index in [0.717, 1.165) is 16.8 Å². The van der Waals surface area contributed by atoms with Gasteiger partial charge in [-0.2, -0.15) is 0 Å². The molecule has 144 valence electrons. The lowest BCUT2D eigenvalue weighted by Gasteiger charge is -2.19. The number of hydrogen-bond acceptors (Lipinski definition) is 2. The van der Waals surface area contributed by atoms with E-state index in [4.69, 9.17) is 0 Å². The summed E-state index contributed by atoms with van der Waals surface area (Å²) in [6.45, 7) is 0.280. The van der Waals surface area contributed by atoms with Gasteiger partial charge in [-0.15, -0.1) is 0 Å². The molecule has 0 aromatic heterocycles. The molecule has 1 aliphatic carbocycles. The van der Waals surface area contributed by atoms with Gasteiger partial charge in [0.1, 0.15) is 5.82 Å². The summed E-state index contributed by atoms with van der Waals surface area (Å²) in [6, 6.07) is 20.9. The standard InChI is InChI=1S/C24H18FNO3/c25-20-10-3-1-8-17(20)19-13-24(19)18-9-2-4-11-21(18)26(23(24)29)14-15-6-5-7-16(12-15)22(27)28/h1-12,19H,13-14H2,(H,27,28)/t19-,24-/m0/s1. The zero-order chi connectivity index (χ0) is 20.2. The van der Waals surface area contributed by atoms with Crippen molar-refractivity contribution in [1.29, 1.82) is 0 Å². The van der Waals surface area contributed by atoms with Crippen LogP contribution >= 0.6 is 0 Å². The van der Waals surface area contributed by atoms with Crippen LogP contribution in [0.25, 0.3) is 0 Å². The van der Waals surface area contributed by atoms with E-state index >= 15 is 0 Å². The molecule has 1 aliphatic heterocycles. The number of carboxylic acid groups (broad SMARTS) is 1. The average Bonchev–Trinajstić information content (AvgIpc) is 3.43. The number of aromatic carboxylic acids is 1. The fraction of sp³-hybridized carbons (Fsp3) is 0.167. The zero-order valence-electron chi connectivity index (χ0n) is 15.5. The summed E-state index contributed by atoms with van der Waals surface area (Å²) in [4.78, 5) is 26.5. The maximum absolute atomic E-state index is 14.4. The number of amides is 1. The van der Waals surface area contributed by atoms with Crippen LogP contribution in [0.5, 0.6) is 0 Å². The molecule has 1 saturated carbocycles. The van der Waals surface area contributed by atoms with Crippen molar-refractivity contribution in [3.63, 3.8) is 0 Å². The minimum Gasteiger partial charge on any atom is -0.478 e. The van der Waals surface area contributed by atoms with Crippen molar-refractivity contribution in [2.75, 3.05) is 4.90 Å². The summed E-state index contributed by atoms with van der Waals surface area (Å²) >= 11 is 0. The Morgan fingerprint density at radius 3 is 2.62 bits per heavy atom. The second-order valence-corrected chi connectivity index (χ2v) is 7.66. The van der Waals surface area contributed by atoms with Gasteiger partial charge in [0.15, 0.2) is 0 Å². The minimum atomic E-state index is -1.00. The number of anilines is 1. The Bertz CT molecular complexity index is 1160. The first-order valence-electron chi connectivity index (χ1n) is 9.50. The maximum Gasteiger partial charge on any atom is 0.335 e. The van der Waals surface area contributed by atoms with Crippen LogP contribution in [0.2, 0.25) is 0 Å². The number of fused-ring (bicyclic) bond motifs is 2. The largest absolute Gasteiger partial charge is 0.478 e. The van der Waals surface area contributed by atoms with E-state index in [9.17, 15) is 19.1 Å². The Labute approximate surface area is 167 Å². The third-order valence-corrected chi connectivity index (χ3v) is 6.06. The molecule has 3 aromatic rings. The number of rotatable bonds is 4. The third kappa shape index (κ3) is 2.58. The molecule has 0 bridgehead atoms. The second-order valence-electron chi connectivity index (χ2n) is 7.66. The zero-order valence-corrected chi connectivity index (χ0v) is 15.5. The van der Waals surface area contributed by atoms with Crippen LogP contribution in [0, 0.1) is 5.82 Å². The Morgan fingerprint density at radius 1 is 1.07 bits per heavy atom. The summed E-state index contributed by atoms with van der Waals surface area (Å²) in [5.74, 6) is -1.52. The second kappa shape index (κ2) is 6.27. The predicted molar refractivity (Wildman–Crippen MR) is 106 cm³/mol. The first-order valence-corrected chi connectivity index (χ1v) is 9.50. The molecule has 2 aliphatic rings. The molecular weight excluding hydrogens is 369 g/mol. The van der Waals surface area contributed by atoms with Gasteiger partial charge >= 0.3 is 5.97 Å². The molecule has 0 saturated heterocycles. The van der Waals surface area contributed by atoms with Crippen LogP contribution in [-0.2, 0) is 16.8 Å². The topological polar surface area (TPSA) is 57.6 Å². The van der Waals surface area contributed by atoms with Crippen LogP contribution in [-0.4, -0.2) is 17.0 Å². The fourth-order valence-corrected chi connectivity index (χ4v) is 4.62. The van der Waals surface area contributed by atoms with Gasteiger partial charge in [-0.1, -0.05) is 48.5 Å². The molecular formula is C24H18FNO3. The van der Waals surface area contributed by atoms with Crippen molar-refractivity contribution in [2.45, 2.75) is 24.3 Å². The molecule has 1 spiro atoms.